The maximum atomic E-state index is 5.10. The van der Waals surface area contributed by atoms with E-state index in [4.69, 9.17) is 9.97 Å². The number of rotatable bonds is 4. The molecule has 5 heteroatoms. The zero-order chi connectivity index (χ0) is 28.3. The summed E-state index contributed by atoms with van der Waals surface area (Å²) in [6.45, 7) is 0. The molecule has 0 radical (unpaired) electrons. The zero-order valence-corrected chi connectivity index (χ0v) is 23.9. The van der Waals surface area contributed by atoms with Crippen LogP contribution in [0.25, 0.3) is 76.6 Å². The van der Waals surface area contributed by atoms with Crippen LogP contribution >= 0.6 is 11.3 Å². The topological polar surface area (TPSA) is 35.1 Å². The van der Waals surface area contributed by atoms with Gasteiger partial charge in [0.05, 0.1) is 27.1 Å². The van der Waals surface area contributed by atoms with Gasteiger partial charge >= 0.3 is 0 Å². The van der Waals surface area contributed by atoms with E-state index in [1.54, 1.807) is 0 Å². The molecule has 0 saturated heterocycles. The number of fused-ring (bicyclic) bond motifs is 7. The van der Waals surface area contributed by atoms with E-state index < -0.39 is 0 Å². The smallest absolute Gasteiger partial charge is 0.160 e. The van der Waals surface area contributed by atoms with Crippen molar-refractivity contribution in [2.75, 3.05) is 0 Å². The second kappa shape index (κ2) is 9.51. The van der Waals surface area contributed by atoms with Crippen molar-refractivity contribution in [3.63, 3.8) is 0 Å². The molecular formula is C38H24N4S. The van der Waals surface area contributed by atoms with E-state index in [-0.39, 0.29) is 0 Å². The van der Waals surface area contributed by atoms with Crippen LogP contribution in [-0.4, -0.2) is 18.9 Å². The van der Waals surface area contributed by atoms with Crippen LogP contribution in [0.5, 0.6) is 0 Å². The highest BCUT2D eigenvalue weighted by molar-refractivity contribution is 7.24. The lowest BCUT2D eigenvalue weighted by atomic mass is 10.1. The molecule has 9 rings (SSSR count). The summed E-state index contributed by atoms with van der Waals surface area (Å²) in [6, 6.07) is 51.1. The van der Waals surface area contributed by atoms with E-state index in [9.17, 15) is 0 Å². The highest BCUT2D eigenvalue weighted by Crippen LogP contribution is 2.39. The van der Waals surface area contributed by atoms with Gasteiger partial charge in [0.1, 0.15) is 10.5 Å². The molecule has 4 aromatic heterocycles. The minimum Gasteiger partial charge on any atom is -0.295 e. The predicted octanol–water partition coefficient (Wildman–Crippen LogP) is 10.0. The van der Waals surface area contributed by atoms with Crippen molar-refractivity contribution in [3.8, 4) is 39.6 Å². The molecule has 4 nitrogen and oxygen atoms in total. The summed E-state index contributed by atoms with van der Waals surface area (Å²) in [5.74, 6) is 0.717. The molecule has 9 aromatic rings. The molecule has 0 spiro atoms. The molecule has 5 aromatic carbocycles. The summed E-state index contributed by atoms with van der Waals surface area (Å²) in [5, 5.41) is 2.51. The Morgan fingerprint density at radius 2 is 1.14 bits per heavy atom. The predicted molar refractivity (Wildman–Crippen MR) is 179 cm³/mol. The number of thiazole rings is 1. The van der Waals surface area contributed by atoms with Gasteiger partial charge in [0.15, 0.2) is 5.82 Å². The molecule has 43 heavy (non-hydrogen) atoms. The van der Waals surface area contributed by atoms with E-state index in [1.165, 1.54) is 37.0 Å². The van der Waals surface area contributed by atoms with Gasteiger partial charge in [-0.3, -0.25) is 8.97 Å². The summed E-state index contributed by atoms with van der Waals surface area (Å²) in [5.41, 5.74) is 9.60. The van der Waals surface area contributed by atoms with Crippen LogP contribution in [0.4, 0.5) is 0 Å². The first-order valence-corrected chi connectivity index (χ1v) is 15.2. The fourth-order valence-electron chi connectivity index (χ4n) is 6.19. The van der Waals surface area contributed by atoms with Gasteiger partial charge in [0.25, 0.3) is 0 Å². The van der Waals surface area contributed by atoms with Crippen LogP contribution in [0.1, 0.15) is 0 Å². The summed E-state index contributed by atoms with van der Waals surface area (Å²) in [6.07, 6.45) is 0. The number of aromatic nitrogens is 4. The number of nitrogens with zero attached hydrogens (tertiary/aromatic N) is 4. The fourth-order valence-corrected chi connectivity index (χ4v) is 7.28. The van der Waals surface area contributed by atoms with E-state index in [1.807, 2.05) is 35.6 Å². The maximum Gasteiger partial charge on any atom is 0.160 e. The molecule has 0 bridgehead atoms. The molecule has 0 fully saturated rings. The van der Waals surface area contributed by atoms with E-state index in [0.29, 0.717) is 5.82 Å². The molecule has 0 aliphatic rings. The van der Waals surface area contributed by atoms with Gasteiger partial charge in [-0.2, -0.15) is 0 Å². The standard InChI is InChI=1S/C38H24N4S/c1-3-12-25(13-4-1)31-24-32(40-37(39-31)26-14-5-2-6-15-26)27-16-11-17-28(22-27)41-33-19-8-7-18-29(33)30-23-36-42(38(30)41)34-20-9-10-21-35(34)43-36/h1-24H. The van der Waals surface area contributed by atoms with Crippen molar-refractivity contribution in [2.24, 2.45) is 0 Å². The number of benzene rings is 5. The Balaban J connectivity index is 1.30. The lowest BCUT2D eigenvalue weighted by Crippen LogP contribution is -1.99. The number of hydrogen-bond donors (Lipinski definition) is 0. The van der Waals surface area contributed by atoms with Gasteiger partial charge < -0.3 is 0 Å². The van der Waals surface area contributed by atoms with Crippen molar-refractivity contribution in [2.45, 2.75) is 0 Å². The lowest BCUT2D eigenvalue weighted by Gasteiger charge is -2.12. The fraction of sp³-hybridized carbons (Fsp3) is 0. The Morgan fingerprint density at radius 3 is 1.95 bits per heavy atom. The molecule has 0 aliphatic carbocycles. The van der Waals surface area contributed by atoms with Gasteiger partial charge in [0, 0.05) is 33.2 Å². The average Bonchev–Trinajstić information content (AvgIpc) is 3.72. The van der Waals surface area contributed by atoms with Crippen LogP contribution in [0, 0.1) is 0 Å². The Bertz CT molecular complexity index is 2390. The number of para-hydroxylation sites is 2. The molecule has 202 valence electrons. The maximum absolute atomic E-state index is 5.10. The Kier molecular flexibility index (Phi) is 5.33. The third-order valence-electron chi connectivity index (χ3n) is 8.14. The summed E-state index contributed by atoms with van der Waals surface area (Å²) in [7, 11) is 0. The summed E-state index contributed by atoms with van der Waals surface area (Å²) < 4.78 is 6.10. The molecule has 0 saturated carbocycles. The van der Waals surface area contributed by atoms with Gasteiger partial charge in [-0.25, -0.2) is 9.97 Å². The van der Waals surface area contributed by atoms with Crippen LogP contribution in [0.2, 0.25) is 0 Å². The first-order chi connectivity index (χ1) is 21.3. The van der Waals surface area contributed by atoms with Crippen molar-refractivity contribution >= 4 is 48.3 Å². The van der Waals surface area contributed by atoms with Crippen molar-refractivity contribution in [1.82, 2.24) is 18.9 Å². The van der Waals surface area contributed by atoms with Crippen LogP contribution in [0.3, 0.4) is 0 Å². The van der Waals surface area contributed by atoms with Crippen molar-refractivity contribution in [3.05, 3.63) is 146 Å². The van der Waals surface area contributed by atoms with Crippen LogP contribution in [-0.2, 0) is 0 Å². The number of hydrogen-bond acceptors (Lipinski definition) is 3. The van der Waals surface area contributed by atoms with Gasteiger partial charge in [-0.1, -0.05) is 103 Å². The molecule has 0 N–H and O–H groups in total. The van der Waals surface area contributed by atoms with Gasteiger partial charge in [0.2, 0.25) is 0 Å². The lowest BCUT2D eigenvalue weighted by molar-refractivity contribution is 1.12. The van der Waals surface area contributed by atoms with Crippen molar-refractivity contribution in [1.29, 1.82) is 0 Å². The Morgan fingerprint density at radius 1 is 0.488 bits per heavy atom. The molecular weight excluding hydrogens is 545 g/mol. The zero-order valence-electron chi connectivity index (χ0n) is 23.1. The highest BCUT2D eigenvalue weighted by atomic mass is 32.1. The van der Waals surface area contributed by atoms with Gasteiger partial charge in [-0.05, 0) is 42.5 Å². The van der Waals surface area contributed by atoms with Crippen molar-refractivity contribution < 1.29 is 0 Å². The molecule has 0 aliphatic heterocycles. The SMILES string of the molecule is c1ccc(-c2cc(-c3cccc(-n4c5ccccc5c5cc6sc7ccccc7n6c54)c3)nc(-c3ccccc3)n2)cc1. The molecule has 0 unspecified atom stereocenters. The molecule has 0 atom stereocenters. The first kappa shape index (κ1) is 24.1. The van der Waals surface area contributed by atoms with Crippen LogP contribution in [0.15, 0.2) is 146 Å². The molecule has 0 amide bonds. The van der Waals surface area contributed by atoms with Gasteiger partial charge in [-0.15, -0.1) is 11.3 Å². The normalized spacial score (nSPS) is 11.7. The Labute approximate surface area is 251 Å². The van der Waals surface area contributed by atoms with Crippen LogP contribution < -0.4 is 0 Å². The largest absolute Gasteiger partial charge is 0.295 e. The summed E-state index contributed by atoms with van der Waals surface area (Å²) >= 11 is 1.84. The molecule has 4 heterocycles. The third kappa shape index (κ3) is 3.83. The minimum absolute atomic E-state index is 0.717. The van der Waals surface area contributed by atoms with E-state index in [0.717, 1.165) is 33.8 Å². The van der Waals surface area contributed by atoms with E-state index >= 15 is 0 Å². The highest BCUT2D eigenvalue weighted by Gasteiger charge is 2.20. The minimum atomic E-state index is 0.717. The Hall–Kier alpha value is -5.52. The third-order valence-corrected chi connectivity index (χ3v) is 9.21. The monoisotopic (exact) mass is 568 g/mol. The second-order valence-electron chi connectivity index (χ2n) is 10.7. The summed E-state index contributed by atoms with van der Waals surface area (Å²) in [4.78, 5) is 11.3. The average molecular weight is 569 g/mol. The quantitative estimate of drug-likeness (QED) is 0.212. The second-order valence-corrected chi connectivity index (χ2v) is 11.8. The first-order valence-electron chi connectivity index (χ1n) is 14.3. The van der Waals surface area contributed by atoms with E-state index in [2.05, 4.69) is 130 Å².